The predicted octanol–water partition coefficient (Wildman–Crippen LogP) is 3.95. The first-order chi connectivity index (χ1) is 16.7. The van der Waals surface area contributed by atoms with Crippen LogP contribution in [0, 0.1) is 25.2 Å². The fourth-order valence-electron chi connectivity index (χ4n) is 2.82. The summed E-state index contributed by atoms with van der Waals surface area (Å²) >= 11 is 0.733. The summed E-state index contributed by atoms with van der Waals surface area (Å²) < 4.78 is 35.0. The van der Waals surface area contributed by atoms with E-state index in [4.69, 9.17) is 9.47 Å². The van der Waals surface area contributed by atoms with Crippen LogP contribution in [0.4, 0.5) is 5.13 Å². The van der Waals surface area contributed by atoms with Gasteiger partial charge in [0.25, 0.3) is 5.91 Å². The van der Waals surface area contributed by atoms with E-state index in [0.29, 0.717) is 24.5 Å². The summed E-state index contributed by atoms with van der Waals surface area (Å²) in [6.45, 7) is 6.22. The number of nitrogens with zero attached hydrogens (tertiary/aromatic N) is 3. The van der Waals surface area contributed by atoms with Gasteiger partial charge in [-0.25, -0.2) is 8.42 Å². The van der Waals surface area contributed by atoms with Gasteiger partial charge in [-0.2, -0.15) is 5.26 Å². The Hall–Kier alpha value is -3.75. The molecule has 0 spiro atoms. The molecule has 0 fully saturated rings. The molecule has 0 aliphatic rings. The molecule has 0 aliphatic heterocycles. The van der Waals surface area contributed by atoms with Crippen molar-refractivity contribution in [1.82, 2.24) is 10.2 Å². The number of rotatable bonds is 10. The van der Waals surface area contributed by atoms with Gasteiger partial charge in [0.1, 0.15) is 36.4 Å². The first kappa shape index (κ1) is 25.9. The van der Waals surface area contributed by atoms with Crippen LogP contribution in [0.2, 0.25) is 0 Å². The van der Waals surface area contributed by atoms with Gasteiger partial charge in [0, 0.05) is 0 Å². The molecule has 11 heteroatoms. The second-order valence-electron chi connectivity index (χ2n) is 7.44. The van der Waals surface area contributed by atoms with Gasteiger partial charge in [-0.15, -0.1) is 10.2 Å². The van der Waals surface area contributed by atoms with E-state index in [-0.39, 0.29) is 20.8 Å². The van der Waals surface area contributed by atoms with E-state index in [1.807, 2.05) is 38.1 Å². The Bertz CT molecular complexity index is 1370. The van der Waals surface area contributed by atoms with Gasteiger partial charge in [-0.1, -0.05) is 42.5 Å². The first-order valence-electron chi connectivity index (χ1n) is 10.6. The van der Waals surface area contributed by atoms with Gasteiger partial charge < -0.3 is 9.47 Å². The summed E-state index contributed by atoms with van der Waals surface area (Å²) in [7, 11) is -3.52. The lowest BCUT2D eigenvalue weighted by atomic mass is 10.1. The SMILES string of the molecule is CCS(=O)(=O)c1nnc(NC(=O)/C(C#N)=C\c2ccc(OCCOc3cc(C)ccc3C)cc2)s1. The molecular formula is C24H24N4O5S2. The smallest absolute Gasteiger partial charge is 0.268 e. The van der Waals surface area contributed by atoms with E-state index in [9.17, 15) is 18.5 Å². The zero-order valence-corrected chi connectivity index (χ0v) is 21.1. The third-order valence-electron chi connectivity index (χ3n) is 4.78. The van der Waals surface area contributed by atoms with Crippen LogP contribution >= 0.6 is 11.3 Å². The molecule has 0 saturated heterocycles. The molecule has 1 heterocycles. The van der Waals surface area contributed by atoms with Gasteiger partial charge in [0.2, 0.25) is 19.3 Å². The number of anilines is 1. The minimum Gasteiger partial charge on any atom is -0.490 e. The normalized spacial score (nSPS) is 11.5. The van der Waals surface area contributed by atoms with Crippen LogP contribution in [0.3, 0.4) is 0 Å². The van der Waals surface area contributed by atoms with Crippen LogP contribution in [0.1, 0.15) is 23.6 Å². The summed E-state index contributed by atoms with van der Waals surface area (Å²) in [5, 5.41) is 19.0. The maximum absolute atomic E-state index is 12.4. The number of hydrogen-bond donors (Lipinski definition) is 1. The van der Waals surface area contributed by atoms with Crippen molar-refractivity contribution in [3.63, 3.8) is 0 Å². The second-order valence-corrected chi connectivity index (χ2v) is 10.9. The number of aromatic nitrogens is 2. The maximum Gasteiger partial charge on any atom is 0.268 e. The van der Waals surface area contributed by atoms with Gasteiger partial charge in [0.15, 0.2) is 0 Å². The molecule has 0 radical (unpaired) electrons. The summed E-state index contributed by atoms with van der Waals surface area (Å²) in [6, 6.07) is 14.7. The summed E-state index contributed by atoms with van der Waals surface area (Å²) in [4.78, 5) is 12.4. The van der Waals surface area contributed by atoms with Crippen molar-refractivity contribution >= 4 is 38.3 Å². The lowest BCUT2D eigenvalue weighted by Crippen LogP contribution is -2.13. The zero-order valence-electron chi connectivity index (χ0n) is 19.4. The highest BCUT2D eigenvalue weighted by molar-refractivity contribution is 7.93. The molecule has 0 unspecified atom stereocenters. The van der Waals surface area contributed by atoms with Gasteiger partial charge in [-0.3, -0.25) is 10.1 Å². The molecule has 35 heavy (non-hydrogen) atoms. The standard InChI is InChI=1S/C24H24N4O5S2/c1-4-35(30,31)24-28-27-23(34-24)26-22(29)19(15-25)14-18-7-9-20(10-8-18)32-11-12-33-21-13-16(2)5-6-17(21)3/h5-10,13-14H,4,11-12H2,1-3H3,(H,26,27,29)/b19-14-. The highest BCUT2D eigenvalue weighted by atomic mass is 32.2. The highest BCUT2D eigenvalue weighted by Crippen LogP contribution is 2.22. The topological polar surface area (TPSA) is 131 Å². The van der Waals surface area contributed by atoms with Gasteiger partial charge in [0.05, 0.1) is 5.75 Å². The number of nitriles is 1. The Morgan fingerprint density at radius 3 is 2.51 bits per heavy atom. The number of benzene rings is 2. The molecular weight excluding hydrogens is 488 g/mol. The number of carbonyl (C=O) groups is 1. The van der Waals surface area contributed by atoms with Gasteiger partial charge >= 0.3 is 0 Å². The fourth-order valence-corrected chi connectivity index (χ4v) is 4.81. The molecule has 1 N–H and O–H groups in total. The van der Waals surface area contributed by atoms with Crippen LogP contribution < -0.4 is 14.8 Å². The Balaban J connectivity index is 1.56. The lowest BCUT2D eigenvalue weighted by molar-refractivity contribution is -0.112. The molecule has 2 aromatic carbocycles. The van der Waals surface area contributed by atoms with Crippen LogP contribution in [0.25, 0.3) is 6.08 Å². The minimum absolute atomic E-state index is 0.00463. The molecule has 3 aromatic rings. The van der Waals surface area contributed by atoms with E-state index in [1.165, 1.54) is 13.0 Å². The molecule has 9 nitrogen and oxygen atoms in total. The van der Waals surface area contributed by atoms with Gasteiger partial charge in [-0.05, 0) is 54.8 Å². The number of carbonyl (C=O) groups excluding carboxylic acids is 1. The van der Waals surface area contributed by atoms with Crippen molar-refractivity contribution in [2.45, 2.75) is 25.1 Å². The van der Waals surface area contributed by atoms with Crippen LogP contribution in [-0.4, -0.2) is 43.5 Å². The number of aryl methyl sites for hydroxylation is 2. The molecule has 1 amide bonds. The Morgan fingerprint density at radius 1 is 1.11 bits per heavy atom. The van der Waals surface area contributed by atoms with E-state index >= 15 is 0 Å². The number of nitrogens with one attached hydrogen (secondary N) is 1. The summed E-state index contributed by atoms with van der Waals surface area (Å²) in [5.41, 5.74) is 2.62. The van der Waals surface area contributed by atoms with Crippen molar-refractivity contribution in [2.75, 3.05) is 24.3 Å². The van der Waals surface area contributed by atoms with Crippen molar-refractivity contribution in [3.8, 4) is 17.6 Å². The maximum atomic E-state index is 12.4. The quantitative estimate of drug-likeness (QED) is 0.187. The second kappa shape index (κ2) is 11.6. The number of hydrogen-bond acceptors (Lipinski definition) is 9. The Kier molecular flexibility index (Phi) is 8.57. The molecule has 182 valence electrons. The van der Waals surface area contributed by atoms with Crippen LogP contribution in [-0.2, 0) is 14.6 Å². The molecule has 0 atom stereocenters. The summed E-state index contributed by atoms with van der Waals surface area (Å²) in [6.07, 6.45) is 1.41. The van der Waals surface area contributed by atoms with Crippen LogP contribution in [0.5, 0.6) is 11.5 Å². The lowest BCUT2D eigenvalue weighted by Gasteiger charge is -2.11. The van der Waals surface area contributed by atoms with Crippen LogP contribution in [0.15, 0.2) is 52.4 Å². The van der Waals surface area contributed by atoms with E-state index in [2.05, 4.69) is 15.5 Å². The largest absolute Gasteiger partial charge is 0.490 e. The molecule has 0 bridgehead atoms. The number of amides is 1. The van der Waals surface area contributed by atoms with E-state index in [1.54, 1.807) is 24.3 Å². The van der Waals surface area contributed by atoms with E-state index in [0.717, 1.165) is 28.2 Å². The Morgan fingerprint density at radius 2 is 1.83 bits per heavy atom. The Labute approximate surface area is 208 Å². The molecule has 0 saturated carbocycles. The first-order valence-corrected chi connectivity index (χ1v) is 13.1. The van der Waals surface area contributed by atoms with E-state index < -0.39 is 15.7 Å². The average Bonchev–Trinajstić information content (AvgIpc) is 3.32. The highest BCUT2D eigenvalue weighted by Gasteiger charge is 2.19. The third kappa shape index (κ3) is 7.11. The third-order valence-corrected chi connectivity index (χ3v) is 7.80. The van der Waals surface area contributed by atoms with Crippen molar-refractivity contribution < 1.29 is 22.7 Å². The number of sulfone groups is 1. The molecule has 0 aliphatic carbocycles. The number of ether oxygens (including phenoxy) is 2. The fraction of sp³-hybridized carbons (Fsp3) is 0.250. The molecule has 1 aromatic heterocycles. The minimum atomic E-state index is -3.52. The van der Waals surface area contributed by atoms with Crippen molar-refractivity contribution in [3.05, 3.63) is 64.7 Å². The monoisotopic (exact) mass is 512 g/mol. The molecule has 3 rings (SSSR count). The predicted molar refractivity (Wildman–Crippen MR) is 133 cm³/mol. The van der Waals surface area contributed by atoms with Crippen molar-refractivity contribution in [2.24, 2.45) is 0 Å². The van der Waals surface area contributed by atoms with Crippen molar-refractivity contribution in [1.29, 1.82) is 5.26 Å². The summed E-state index contributed by atoms with van der Waals surface area (Å²) in [5.74, 6) is 0.604. The zero-order chi connectivity index (χ0) is 25.4. The average molecular weight is 513 g/mol.